The molecule has 2 heterocycles. The lowest BCUT2D eigenvalue weighted by Crippen LogP contribution is -2.26. The number of fused-ring (bicyclic) bond motifs is 1. The summed E-state index contributed by atoms with van der Waals surface area (Å²) in [6.07, 6.45) is 8.31. The van der Waals surface area contributed by atoms with E-state index in [-0.39, 0.29) is 5.92 Å². The van der Waals surface area contributed by atoms with Gasteiger partial charge < -0.3 is 9.30 Å². The molecular weight excluding hydrogens is 350 g/mol. The van der Waals surface area contributed by atoms with Crippen LogP contribution in [0.4, 0.5) is 0 Å². The van der Waals surface area contributed by atoms with Crippen LogP contribution in [0.5, 0.6) is 0 Å². The Hall–Kier alpha value is -2.53. The summed E-state index contributed by atoms with van der Waals surface area (Å²) in [5.41, 5.74) is 3.06. The molecule has 0 bridgehead atoms. The Balaban J connectivity index is 1.54. The minimum absolute atomic E-state index is 0.146. The molecule has 1 aliphatic carbocycles. The molecule has 5 nitrogen and oxygen atoms in total. The molecule has 5 heteroatoms. The molecule has 1 fully saturated rings. The Bertz CT molecular complexity index is 1000. The van der Waals surface area contributed by atoms with E-state index in [9.17, 15) is 4.79 Å². The zero-order chi connectivity index (χ0) is 19.7. The van der Waals surface area contributed by atoms with Crippen LogP contribution in [-0.2, 0) is 23.0 Å². The van der Waals surface area contributed by atoms with Gasteiger partial charge in [0.05, 0.1) is 18.0 Å². The fourth-order valence-electron chi connectivity index (χ4n) is 4.16. The van der Waals surface area contributed by atoms with E-state index >= 15 is 0 Å². The minimum atomic E-state index is 0.146. The summed E-state index contributed by atoms with van der Waals surface area (Å²) in [6, 6.07) is 8.39. The number of imidazole rings is 1. The lowest BCUT2D eigenvalue weighted by Gasteiger charge is -2.26. The van der Waals surface area contributed by atoms with Crippen LogP contribution >= 0.6 is 0 Å². The van der Waals surface area contributed by atoms with Gasteiger partial charge in [0.25, 0.3) is 0 Å². The Morgan fingerprint density at radius 2 is 1.89 bits per heavy atom. The van der Waals surface area contributed by atoms with Crippen LogP contribution < -0.4 is 0 Å². The second kappa shape index (κ2) is 7.84. The smallest absolute Gasteiger partial charge is 0.141 e. The van der Waals surface area contributed by atoms with Crippen molar-refractivity contribution in [2.24, 2.45) is 13.0 Å². The van der Waals surface area contributed by atoms with E-state index in [0.29, 0.717) is 18.3 Å². The number of nitrogens with zero attached hydrogens (tertiary/aromatic N) is 3. The number of Topliss-reactive ketones (excluding diaryl/α,β-unsaturated/α-hetero) is 1. The number of benzene rings is 1. The van der Waals surface area contributed by atoms with Crippen molar-refractivity contribution in [3.63, 3.8) is 0 Å². The summed E-state index contributed by atoms with van der Waals surface area (Å²) in [5, 5.41) is 2.19. The maximum absolute atomic E-state index is 12.7. The molecule has 1 aliphatic rings. The maximum Gasteiger partial charge on any atom is 0.141 e. The van der Waals surface area contributed by atoms with Gasteiger partial charge in [0.1, 0.15) is 11.6 Å². The average Bonchev–Trinajstić information content (AvgIpc) is 3.06. The highest BCUT2D eigenvalue weighted by Crippen LogP contribution is 2.28. The third-order valence-electron chi connectivity index (χ3n) is 6.11. The fraction of sp³-hybridized carbons (Fsp3) is 0.435. The molecule has 0 unspecified atom stereocenters. The molecule has 0 spiro atoms. The number of pyridine rings is 1. The second-order valence-electron chi connectivity index (χ2n) is 7.84. The van der Waals surface area contributed by atoms with Crippen LogP contribution in [0, 0.1) is 12.8 Å². The van der Waals surface area contributed by atoms with Crippen molar-refractivity contribution in [3.8, 4) is 11.3 Å². The second-order valence-corrected chi connectivity index (χ2v) is 7.84. The first-order valence-corrected chi connectivity index (χ1v) is 9.98. The van der Waals surface area contributed by atoms with Crippen LogP contribution in [0.1, 0.15) is 37.2 Å². The monoisotopic (exact) mass is 377 g/mol. The van der Waals surface area contributed by atoms with Gasteiger partial charge in [-0.3, -0.25) is 9.78 Å². The van der Waals surface area contributed by atoms with Crippen molar-refractivity contribution in [1.82, 2.24) is 14.5 Å². The van der Waals surface area contributed by atoms with Gasteiger partial charge in [0.2, 0.25) is 0 Å². The number of carbonyl (C=O) groups is 1. The number of ketones is 1. The van der Waals surface area contributed by atoms with Gasteiger partial charge in [-0.05, 0) is 50.1 Å². The maximum atomic E-state index is 12.7. The topological polar surface area (TPSA) is 57.0 Å². The highest BCUT2D eigenvalue weighted by atomic mass is 16.5. The molecule has 0 saturated heterocycles. The van der Waals surface area contributed by atoms with Gasteiger partial charge in [-0.15, -0.1) is 0 Å². The molecule has 0 radical (unpaired) electrons. The van der Waals surface area contributed by atoms with Crippen LogP contribution in [0.25, 0.3) is 22.0 Å². The normalized spacial score (nSPS) is 19.8. The summed E-state index contributed by atoms with van der Waals surface area (Å²) >= 11 is 0. The summed E-state index contributed by atoms with van der Waals surface area (Å²) in [7, 11) is 3.78. The first-order valence-electron chi connectivity index (χ1n) is 9.98. The minimum Gasteiger partial charge on any atom is -0.381 e. The van der Waals surface area contributed by atoms with E-state index in [0.717, 1.165) is 59.2 Å². The summed E-state index contributed by atoms with van der Waals surface area (Å²) in [6.45, 7) is 2.00. The van der Waals surface area contributed by atoms with Gasteiger partial charge in [-0.2, -0.15) is 0 Å². The molecule has 0 aliphatic heterocycles. The van der Waals surface area contributed by atoms with E-state index in [1.54, 1.807) is 7.11 Å². The van der Waals surface area contributed by atoms with Crippen LogP contribution in [-0.4, -0.2) is 33.5 Å². The van der Waals surface area contributed by atoms with E-state index in [2.05, 4.69) is 38.8 Å². The summed E-state index contributed by atoms with van der Waals surface area (Å²) in [5.74, 6) is 1.44. The fourth-order valence-corrected chi connectivity index (χ4v) is 4.16. The number of carbonyl (C=O) groups excluding carboxylic acids is 1. The van der Waals surface area contributed by atoms with Crippen LogP contribution in [0.2, 0.25) is 0 Å². The quantitative estimate of drug-likeness (QED) is 0.667. The third kappa shape index (κ3) is 3.72. The molecule has 4 rings (SSSR count). The zero-order valence-corrected chi connectivity index (χ0v) is 16.8. The molecule has 0 N–H and O–H groups in total. The molecular formula is C23H27N3O2. The number of aromatic nitrogens is 3. The van der Waals surface area contributed by atoms with Crippen molar-refractivity contribution in [2.75, 3.05) is 7.11 Å². The highest BCUT2D eigenvalue weighted by Gasteiger charge is 2.26. The van der Waals surface area contributed by atoms with Crippen molar-refractivity contribution in [1.29, 1.82) is 0 Å². The zero-order valence-electron chi connectivity index (χ0n) is 16.8. The van der Waals surface area contributed by atoms with Crippen molar-refractivity contribution < 1.29 is 9.53 Å². The first kappa shape index (κ1) is 18.8. The van der Waals surface area contributed by atoms with Crippen LogP contribution in [0.15, 0.2) is 36.7 Å². The molecule has 2 aromatic heterocycles. The summed E-state index contributed by atoms with van der Waals surface area (Å²) < 4.78 is 7.50. The number of hydrogen-bond acceptors (Lipinski definition) is 4. The highest BCUT2D eigenvalue weighted by molar-refractivity contribution is 5.88. The van der Waals surface area contributed by atoms with Gasteiger partial charge in [0.15, 0.2) is 0 Å². The standard InChI is InChI=1S/C23H27N3O2/c1-15-24-14-22(26(15)2)17-4-5-18-13-25-20(11-19(18)10-17)12-23(27)16-6-8-21(28-3)9-7-16/h4-5,10-11,13-14,16,21H,6-9,12H2,1-3H3. The van der Waals surface area contributed by atoms with E-state index < -0.39 is 0 Å². The SMILES string of the molecule is COC1CCC(C(=O)Cc2cc3cc(-c4cnc(C)n4C)ccc3cn2)CC1. The van der Waals surface area contributed by atoms with Crippen LogP contribution in [0.3, 0.4) is 0 Å². The molecule has 1 saturated carbocycles. The number of hydrogen-bond donors (Lipinski definition) is 0. The number of methoxy groups -OCH3 is 1. The van der Waals surface area contributed by atoms with Crippen molar-refractivity contribution >= 4 is 16.6 Å². The predicted octanol–water partition coefficient (Wildman–Crippen LogP) is 4.26. The average molecular weight is 377 g/mol. The predicted molar refractivity (Wildman–Crippen MR) is 110 cm³/mol. The van der Waals surface area contributed by atoms with Crippen molar-refractivity contribution in [3.05, 3.63) is 48.2 Å². The van der Waals surface area contributed by atoms with Gasteiger partial charge in [-0.25, -0.2) is 4.98 Å². The number of rotatable bonds is 5. The number of ether oxygens (including phenoxy) is 1. The Morgan fingerprint density at radius 3 is 2.57 bits per heavy atom. The van der Waals surface area contributed by atoms with Gasteiger partial charge >= 0.3 is 0 Å². The van der Waals surface area contributed by atoms with E-state index in [1.165, 1.54) is 0 Å². The van der Waals surface area contributed by atoms with Gasteiger partial charge in [-0.1, -0.05) is 12.1 Å². The molecule has 28 heavy (non-hydrogen) atoms. The first-order chi connectivity index (χ1) is 13.5. The molecule has 0 amide bonds. The Kier molecular flexibility index (Phi) is 5.27. The molecule has 0 atom stereocenters. The van der Waals surface area contributed by atoms with Crippen molar-refractivity contribution in [2.45, 2.75) is 45.1 Å². The largest absolute Gasteiger partial charge is 0.381 e. The van der Waals surface area contributed by atoms with E-state index in [4.69, 9.17) is 4.74 Å². The lowest BCUT2D eigenvalue weighted by molar-refractivity contribution is -0.124. The third-order valence-corrected chi connectivity index (χ3v) is 6.11. The molecule has 1 aromatic carbocycles. The van der Waals surface area contributed by atoms with Gasteiger partial charge in [0, 0.05) is 49.3 Å². The Morgan fingerprint density at radius 1 is 1.11 bits per heavy atom. The number of aryl methyl sites for hydroxylation is 1. The molecule has 146 valence electrons. The lowest BCUT2D eigenvalue weighted by atomic mass is 9.83. The molecule has 3 aromatic rings. The summed E-state index contributed by atoms with van der Waals surface area (Å²) in [4.78, 5) is 21.7. The Labute approximate surface area is 165 Å². The van der Waals surface area contributed by atoms with E-state index in [1.807, 2.05) is 26.4 Å².